The van der Waals surface area contributed by atoms with Gasteiger partial charge in [0.1, 0.15) is 0 Å². The summed E-state index contributed by atoms with van der Waals surface area (Å²) in [5.41, 5.74) is 5.87. The van der Waals surface area contributed by atoms with E-state index in [-0.39, 0.29) is 26.2 Å². The van der Waals surface area contributed by atoms with Crippen LogP contribution in [0.2, 0.25) is 0 Å². The molecule has 11 heavy (non-hydrogen) atoms. The van der Waals surface area contributed by atoms with Crippen LogP contribution in [0.15, 0.2) is 22.3 Å². The van der Waals surface area contributed by atoms with Gasteiger partial charge in [0.25, 0.3) is 0 Å². The summed E-state index contributed by atoms with van der Waals surface area (Å²) in [5.74, 6) is 1.47. The van der Waals surface area contributed by atoms with Gasteiger partial charge in [-0.3, -0.25) is 0 Å². The third kappa shape index (κ3) is 1.75. The van der Waals surface area contributed by atoms with Crippen LogP contribution in [-0.2, 0) is 26.2 Å². The van der Waals surface area contributed by atoms with E-state index >= 15 is 0 Å². The van der Waals surface area contributed by atoms with Crippen molar-refractivity contribution in [2.24, 2.45) is 0 Å². The molecule has 1 rings (SSSR count). The molecule has 0 saturated heterocycles. The van der Waals surface area contributed by atoms with Gasteiger partial charge in [0.2, 0.25) is 0 Å². The van der Waals surface area contributed by atoms with Crippen molar-refractivity contribution in [3.63, 3.8) is 0 Å². The third-order valence-corrected chi connectivity index (χ3v) is 2.81. The molecule has 0 bridgehead atoms. The quantitative estimate of drug-likeness (QED) is 0.595. The molecule has 0 fully saturated rings. The summed E-state index contributed by atoms with van der Waals surface area (Å²) in [6, 6.07) is 0. The predicted molar refractivity (Wildman–Crippen MR) is 45.7 cm³/mol. The Morgan fingerprint density at radius 1 is 0.545 bits per heavy atom. The third-order valence-electron chi connectivity index (χ3n) is 2.81. The van der Waals surface area contributed by atoms with Gasteiger partial charge in [-0.05, 0) is 38.8 Å². The van der Waals surface area contributed by atoms with Crippen molar-refractivity contribution in [3.8, 4) is 0 Å². The SMILES string of the molecule is C[C]1C(C)=C(C)C(C)=C1C.[Zr]. The number of rotatable bonds is 0. The smallest absolute Gasteiger partial charge is 0.0226 e. The van der Waals surface area contributed by atoms with Gasteiger partial charge in [0, 0.05) is 32.1 Å². The molecule has 1 heteroatoms. The van der Waals surface area contributed by atoms with E-state index in [0.29, 0.717) is 0 Å². The predicted octanol–water partition coefficient (Wildman–Crippen LogP) is 3.26. The molecule has 0 nitrogen and oxygen atoms in total. The van der Waals surface area contributed by atoms with Crippen molar-refractivity contribution in [1.82, 2.24) is 0 Å². The minimum atomic E-state index is 0. The van der Waals surface area contributed by atoms with E-state index in [2.05, 4.69) is 34.6 Å². The largest absolute Gasteiger partial charge is 0.0589 e. The first-order valence-electron chi connectivity index (χ1n) is 3.75. The van der Waals surface area contributed by atoms with Crippen LogP contribution >= 0.6 is 0 Å². The van der Waals surface area contributed by atoms with Crippen LogP contribution in [0.4, 0.5) is 0 Å². The van der Waals surface area contributed by atoms with E-state index < -0.39 is 0 Å². The van der Waals surface area contributed by atoms with Crippen LogP contribution in [0.1, 0.15) is 34.6 Å². The standard InChI is InChI=1S/C10H15.Zr/c1-6-7(2)9(4)10(5)8(6)3;/h1-5H3;. The second kappa shape index (κ2) is 3.85. The molecule has 0 spiro atoms. The van der Waals surface area contributed by atoms with Crippen LogP contribution in [0.3, 0.4) is 0 Å². The van der Waals surface area contributed by atoms with Gasteiger partial charge >= 0.3 is 0 Å². The normalized spacial score (nSPS) is 19.4. The summed E-state index contributed by atoms with van der Waals surface area (Å²) in [4.78, 5) is 0. The molecule has 1 aliphatic rings. The van der Waals surface area contributed by atoms with Gasteiger partial charge in [0.05, 0.1) is 0 Å². The molecule has 59 valence electrons. The van der Waals surface area contributed by atoms with Gasteiger partial charge < -0.3 is 0 Å². The maximum absolute atomic E-state index is 2.20. The van der Waals surface area contributed by atoms with Gasteiger partial charge in [-0.1, -0.05) is 18.1 Å². The fraction of sp³-hybridized carbons (Fsp3) is 0.500. The monoisotopic (exact) mass is 225 g/mol. The summed E-state index contributed by atoms with van der Waals surface area (Å²) in [6.45, 7) is 11.0. The second-order valence-corrected chi connectivity index (χ2v) is 3.12. The molecule has 1 radical (unpaired) electrons. The zero-order valence-corrected chi connectivity index (χ0v) is 10.5. The molecule has 0 aromatic rings. The van der Waals surface area contributed by atoms with Gasteiger partial charge in [-0.15, -0.1) is 0 Å². The van der Waals surface area contributed by atoms with Gasteiger partial charge in [-0.25, -0.2) is 0 Å². The van der Waals surface area contributed by atoms with Crippen LogP contribution in [0.25, 0.3) is 0 Å². The van der Waals surface area contributed by atoms with Crippen LogP contribution in [-0.4, -0.2) is 0 Å². The summed E-state index contributed by atoms with van der Waals surface area (Å²) < 4.78 is 0. The van der Waals surface area contributed by atoms with Gasteiger partial charge in [0.15, 0.2) is 0 Å². The van der Waals surface area contributed by atoms with E-state index in [9.17, 15) is 0 Å². The topological polar surface area (TPSA) is 0 Å². The Labute approximate surface area is 88.9 Å². The average Bonchev–Trinajstić information content (AvgIpc) is 2.07. The molecule has 0 unspecified atom stereocenters. The first-order chi connectivity index (χ1) is 4.55. The van der Waals surface area contributed by atoms with Crippen molar-refractivity contribution < 1.29 is 26.2 Å². The first-order valence-corrected chi connectivity index (χ1v) is 3.75. The molecular weight excluding hydrogens is 211 g/mol. The fourth-order valence-corrected chi connectivity index (χ4v) is 1.41. The number of hydrogen-bond acceptors (Lipinski definition) is 0. The molecule has 0 saturated carbocycles. The molecule has 0 aliphatic heterocycles. The zero-order chi connectivity index (χ0) is 7.89. The maximum Gasteiger partial charge on any atom is 0.0226 e. The first kappa shape index (κ1) is 11.4. The Balaban J connectivity index is 0.000001000. The summed E-state index contributed by atoms with van der Waals surface area (Å²) >= 11 is 0. The maximum atomic E-state index is 2.20. The Bertz CT molecular complexity index is 197. The van der Waals surface area contributed by atoms with E-state index in [0.717, 1.165) is 0 Å². The molecule has 0 aromatic heterocycles. The molecule has 0 aromatic carbocycles. The van der Waals surface area contributed by atoms with E-state index in [4.69, 9.17) is 0 Å². The summed E-state index contributed by atoms with van der Waals surface area (Å²) in [7, 11) is 0. The Hall–Kier alpha value is 0.363. The zero-order valence-electron chi connectivity index (χ0n) is 8.00. The summed E-state index contributed by atoms with van der Waals surface area (Å²) in [6.07, 6.45) is 0. The molecule has 0 amide bonds. The second-order valence-electron chi connectivity index (χ2n) is 3.12. The Kier molecular flexibility index (Phi) is 3.98. The molecule has 0 atom stereocenters. The Morgan fingerprint density at radius 3 is 0.909 bits per heavy atom. The van der Waals surface area contributed by atoms with Crippen molar-refractivity contribution in [1.29, 1.82) is 0 Å². The van der Waals surface area contributed by atoms with E-state index in [1.807, 2.05) is 0 Å². The minimum Gasteiger partial charge on any atom is -0.0589 e. The fourth-order valence-electron chi connectivity index (χ4n) is 1.41. The molecular formula is C10H15Zr. The van der Waals surface area contributed by atoms with Crippen molar-refractivity contribution in [2.45, 2.75) is 34.6 Å². The molecule has 0 N–H and O–H groups in total. The van der Waals surface area contributed by atoms with Gasteiger partial charge in [-0.2, -0.15) is 0 Å². The average molecular weight is 226 g/mol. The van der Waals surface area contributed by atoms with Crippen molar-refractivity contribution in [3.05, 3.63) is 28.2 Å². The van der Waals surface area contributed by atoms with Crippen LogP contribution < -0.4 is 0 Å². The molecule has 0 heterocycles. The van der Waals surface area contributed by atoms with Crippen molar-refractivity contribution >= 4 is 0 Å². The Morgan fingerprint density at radius 2 is 0.818 bits per heavy atom. The minimum absolute atomic E-state index is 0. The molecule has 1 aliphatic carbocycles. The van der Waals surface area contributed by atoms with E-state index in [1.54, 1.807) is 0 Å². The van der Waals surface area contributed by atoms with Crippen LogP contribution in [0.5, 0.6) is 0 Å². The van der Waals surface area contributed by atoms with E-state index in [1.165, 1.54) is 28.2 Å². The van der Waals surface area contributed by atoms with Crippen molar-refractivity contribution in [2.75, 3.05) is 0 Å². The summed E-state index contributed by atoms with van der Waals surface area (Å²) in [5, 5.41) is 0. The van der Waals surface area contributed by atoms with Crippen LogP contribution in [0, 0.1) is 5.92 Å². The number of hydrogen-bond donors (Lipinski definition) is 0. The number of allylic oxidation sites excluding steroid dienone is 4.